The molecule has 150 valence electrons. The third kappa shape index (κ3) is 15.3. The second-order valence-electron chi connectivity index (χ2n) is 7.79. The van der Waals surface area contributed by atoms with Crippen LogP contribution in [0.15, 0.2) is 4.99 Å². The molecule has 0 fully saturated rings. The highest BCUT2D eigenvalue weighted by molar-refractivity contribution is 5.79. The first kappa shape index (κ1) is 24.3. The van der Waals surface area contributed by atoms with Crippen molar-refractivity contribution >= 4 is 5.96 Å². The Hall–Kier alpha value is -0.730. The van der Waals surface area contributed by atoms with Gasteiger partial charge < -0.3 is 9.80 Å². The molecule has 3 nitrogen and oxygen atoms in total. The fourth-order valence-electron chi connectivity index (χ4n) is 3.53. The lowest BCUT2D eigenvalue weighted by Gasteiger charge is -2.26. The average molecular weight is 354 g/mol. The molecule has 0 unspecified atom stereocenters. The van der Waals surface area contributed by atoms with E-state index in [1.165, 1.54) is 96.3 Å². The Morgan fingerprint density at radius 2 is 0.960 bits per heavy atom. The van der Waals surface area contributed by atoms with Gasteiger partial charge in [0.15, 0.2) is 5.96 Å². The number of aliphatic imine (C=N–C) groups is 1. The van der Waals surface area contributed by atoms with Crippen molar-refractivity contribution in [1.82, 2.24) is 9.80 Å². The molecule has 3 heteroatoms. The summed E-state index contributed by atoms with van der Waals surface area (Å²) < 4.78 is 0. The molecule has 0 heterocycles. The Morgan fingerprint density at radius 3 is 1.28 bits per heavy atom. The van der Waals surface area contributed by atoms with E-state index in [0.29, 0.717) is 0 Å². The van der Waals surface area contributed by atoms with Gasteiger partial charge in [0.25, 0.3) is 0 Å². The van der Waals surface area contributed by atoms with Crippen LogP contribution in [-0.4, -0.2) is 50.5 Å². The summed E-state index contributed by atoms with van der Waals surface area (Å²) in [6.07, 6.45) is 21.3. The number of rotatable bonds is 16. The molecule has 0 aliphatic heterocycles. The molecule has 0 aromatic heterocycles. The van der Waals surface area contributed by atoms with Gasteiger partial charge in [0.2, 0.25) is 0 Å². The number of nitrogens with zero attached hydrogens (tertiary/aromatic N) is 3. The van der Waals surface area contributed by atoms with Crippen molar-refractivity contribution in [2.24, 2.45) is 4.99 Å². The largest absolute Gasteiger partial charge is 0.349 e. The summed E-state index contributed by atoms with van der Waals surface area (Å²) in [4.78, 5) is 8.70. The molecule has 0 aromatic carbocycles. The zero-order chi connectivity index (χ0) is 18.8. The van der Waals surface area contributed by atoms with Crippen LogP contribution in [0.4, 0.5) is 0 Å². The maximum atomic E-state index is 4.34. The molecule has 0 saturated heterocycles. The first-order valence-corrected chi connectivity index (χ1v) is 11.0. The molecule has 0 bridgehead atoms. The zero-order valence-electron chi connectivity index (χ0n) is 18.2. The molecule has 25 heavy (non-hydrogen) atoms. The standard InChI is InChI=1S/C22H47N3/c1-6-7-8-9-10-11-12-13-14-15-16-17-18-19-20-21-25(5)22(23-2)24(3)4/h6-21H2,1-5H3. The van der Waals surface area contributed by atoms with Gasteiger partial charge in [0, 0.05) is 34.7 Å². The molecule has 0 rings (SSSR count). The van der Waals surface area contributed by atoms with Gasteiger partial charge >= 0.3 is 0 Å². The van der Waals surface area contributed by atoms with Gasteiger partial charge in [-0.05, 0) is 6.42 Å². The topological polar surface area (TPSA) is 18.8 Å². The minimum atomic E-state index is 1.07. The monoisotopic (exact) mass is 353 g/mol. The SMILES string of the molecule is CCCCCCCCCCCCCCCCCN(C)C(=NC)N(C)C. The van der Waals surface area contributed by atoms with Crippen LogP contribution in [0.3, 0.4) is 0 Å². The quantitative estimate of drug-likeness (QED) is 0.183. The summed E-state index contributed by atoms with van der Waals surface area (Å²) >= 11 is 0. The van der Waals surface area contributed by atoms with E-state index in [1.807, 2.05) is 7.05 Å². The van der Waals surface area contributed by atoms with Crippen molar-refractivity contribution in [1.29, 1.82) is 0 Å². The molecule has 0 radical (unpaired) electrons. The van der Waals surface area contributed by atoms with E-state index in [1.54, 1.807) is 0 Å². The first-order chi connectivity index (χ1) is 12.1. The summed E-state index contributed by atoms with van der Waals surface area (Å²) in [5.74, 6) is 1.07. The second-order valence-corrected chi connectivity index (χ2v) is 7.79. The lowest BCUT2D eigenvalue weighted by Crippen LogP contribution is -2.38. The number of unbranched alkanes of at least 4 members (excludes halogenated alkanes) is 14. The Balaban J connectivity index is 3.26. The van der Waals surface area contributed by atoms with Crippen molar-refractivity contribution < 1.29 is 0 Å². The van der Waals surface area contributed by atoms with E-state index >= 15 is 0 Å². The van der Waals surface area contributed by atoms with Gasteiger partial charge in [-0.2, -0.15) is 0 Å². The minimum Gasteiger partial charge on any atom is -0.349 e. The van der Waals surface area contributed by atoms with Gasteiger partial charge in [-0.1, -0.05) is 96.8 Å². The van der Waals surface area contributed by atoms with E-state index in [9.17, 15) is 0 Å². The molecule has 0 aliphatic rings. The average Bonchev–Trinajstić information content (AvgIpc) is 2.58. The van der Waals surface area contributed by atoms with Crippen LogP contribution in [-0.2, 0) is 0 Å². The van der Waals surface area contributed by atoms with Crippen LogP contribution >= 0.6 is 0 Å². The lowest BCUT2D eigenvalue weighted by molar-refractivity contribution is 0.406. The van der Waals surface area contributed by atoms with Crippen molar-refractivity contribution in [3.05, 3.63) is 0 Å². The summed E-state index contributed by atoms with van der Waals surface area (Å²) in [5.41, 5.74) is 0. The van der Waals surface area contributed by atoms with Crippen LogP contribution in [0.2, 0.25) is 0 Å². The number of hydrogen-bond acceptors (Lipinski definition) is 1. The predicted molar refractivity (Wildman–Crippen MR) is 115 cm³/mol. The smallest absolute Gasteiger partial charge is 0.195 e. The summed E-state index contributed by atoms with van der Waals surface area (Å²) in [7, 11) is 8.14. The third-order valence-electron chi connectivity index (χ3n) is 5.04. The normalized spacial score (nSPS) is 11.8. The highest BCUT2D eigenvalue weighted by Gasteiger charge is 2.06. The van der Waals surface area contributed by atoms with E-state index in [2.05, 4.69) is 42.9 Å². The van der Waals surface area contributed by atoms with Crippen LogP contribution in [0, 0.1) is 0 Å². The Bertz CT molecular complexity index is 300. The van der Waals surface area contributed by atoms with Gasteiger partial charge in [0.1, 0.15) is 0 Å². The fourth-order valence-corrected chi connectivity index (χ4v) is 3.53. The van der Waals surface area contributed by atoms with Crippen molar-refractivity contribution in [3.8, 4) is 0 Å². The minimum absolute atomic E-state index is 1.07. The van der Waals surface area contributed by atoms with Gasteiger partial charge in [-0.3, -0.25) is 4.99 Å². The van der Waals surface area contributed by atoms with Gasteiger partial charge in [-0.15, -0.1) is 0 Å². The molecule has 0 N–H and O–H groups in total. The Labute approximate surface area is 159 Å². The molecule has 0 aromatic rings. The lowest BCUT2D eigenvalue weighted by atomic mass is 10.0. The Kier molecular flexibility index (Phi) is 17.5. The molecular weight excluding hydrogens is 306 g/mol. The van der Waals surface area contributed by atoms with E-state index in [0.717, 1.165) is 12.5 Å². The van der Waals surface area contributed by atoms with E-state index in [4.69, 9.17) is 0 Å². The van der Waals surface area contributed by atoms with Crippen molar-refractivity contribution in [2.75, 3.05) is 34.7 Å². The predicted octanol–water partition coefficient (Wildman–Crippen LogP) is 6.34. The second kappa shape index (κ2) is 18.1. The van der Waals surface area contributed by atoms with Crippen LogP contribution in [0.25, 0.3) is 0 Å². The van der Waals surface area contributed by atoms with Crippen LogP contribution in [0.5, 0.6) is 0 Å². The fraction of sp³-hybridized carbons (Fsp3) is 0.955. The maximum Gasteiger partial charge on any atom is 0.195 e. The third-order valence-corrected chi connectivity index (χ3v) is 5.04. The van der Waals surface area contributed by atoms with E-state index < -0.39 is 0 Å². The summed E-state index contributed by atoms with van der Waals surface area (Å²) in [6, 6.07) is 0. The zero-order valence-corrected chi connectivity index (χ0v) is 18.2. The number of guanidine groups is 1. The molecule has 0 saturated carbocycles. The van der Waals surface area contributed by atoms with Crippen molar-refractivity contribution in [2.45, 2.75) is 103 Å². The summed E-state index contributed by atoms with van der Waals surface area (Å²) in [5, 5.41) is 0. The molecule has 0 spiro atoms. The molecular formula is C22H47N3. The molecule has 0 amide bonds. The van der Waals surface area contributed by atoms with Gasteiger partial charge in [0.05, 0.1) is 0 Å². The molecule has 0 aliphatic carbocycles. The van der Waals surface area contributed by atoms with E-state index in [-0.39, 0.29) is 0 Å². The van der Waals surface area contributed by atoms with Crippen LogP contribution < -0.4 is 0 Å². The van der Waals surface area contributed by atoms with Crippen molar-refractivity contribution in [3.63, 3.8) is 0 Å². The van der Waals surface area contributed by atoms with Gasteiger partial charge in [-0.25, -0.2) is 0 Å². The highest BCUT2D eigenvalue weighted by Crippen LogP contribution is 2.13. The maximum absolute atomic E-state index is 4.34. The highest BCUT2D eigenvalue weighted by atomic mass is 15.3. The number of hydrogen-bond donors (Lipinski definition) is 0. The molecule has 0 atom stereocenters. The summed E-state index contributed by atoms with van der Waals surface area (Å²) in [6.45, 7) is 3.41. The van der Waals surface area contributed by atoms with Crippen LogP contribution in [0.1, 0.15) is 103 Å². The first-order valence-electron chi connectivity index (χ1n) is 11.0. The Morgan fingerprint density at radius 1 is 0.600 bits per heavy atom.